The quantitative estimate of drug-likeness (QED) is 0.881. The first-order valence-corrected chi connectivity index (χ1v) is 6.89. The summed E-state index contributed by atoms with van der Waals surface area (Å²) in [5.41, 5.74) is 4.23. The maximum Gasteiger partial charge on any atom is 0.372 e. The molecule has 0 spiro atoms. The molecule has 2 aromatic rings. The van der Waals surface area contributed by atoms with E-state index in [0.29, 0.717) is 0 Å². The summed E-state index contributed by atoms with van der Waals surface area (Å²) in [5.74, 6) is -0.723. The highest BCUT2D eigenvalue weighted by Crippen LogP contribution is 2.35. The van der Waals surface area contributed by atoms with Crippen molar-refractivity contribution < 1.29 is 14.3 Å². The van der Waals surface area contributed by atoms with Crippen LogP contribution in [-0.4, -0.2) is 11.1 Å². The Bertz CT molecular complexity index is 650. The Kier molecular flexibility index (Phi) is 2.85. The molecular formula is C16H18O3. The van der Waals surface area contributed by atoms with Gasteiger partial charge in [-0.05, 0) is 54.9 Å². The van der Waals surface area contributed by atoms with Crippen molar-refractivity contribution in [3.8, 4) is 0 Å². The molecule has 0 fully saturated rings. The van der Waals surface area contributed by atoms with Crippen molar-refractivity contribution in [3.05, 3.63) is 34.6 Å². The van der Waals surface area contributed by atoms with Crippen LogP contribution in [-0.2, 0) is 12.8 Å². The molecule has 1 heterocycles. The topological polar surface area (TPSA) is 50.4 Å². The lowest BCUT2D eigenvalue weighted by Crippen LogP contribution is -2.02. The molecule has 1 aromatic carbocycles. The zero-order valence-corrected chi connectivity index (χ0v) is 11.3. The zero-order valence-electron chi connectivity index (χ0n) is 11.3. The lowest BCUT2D eigenvalue weighted by atomic mass is 9.89. The van der Waals surface area contributed by atoms with Gasteiger partial charge in [-0.15, -0.1) is 0 Å². The number of benzene rings is 1. The number of aryl methyl sites for hydroxylation is 2. The number of carboxylic acids is 1. The van der Waals surface area contributed by atoms with Gasteiger partial charge in [-0.3, -0.25) is 0 Å². The fourth-order valence-corrected chi connectivity index (χ4v) is 3.08. The van der Waals surface area contributed by atoms with Gasteiger partial charge >= 0.3 is 5.97 Å². The summed E-state index contributed by atoms with van der Waals surface area (Å²) in [5, 5.41) is 10.3. The monoisotopic (exact) mass is 258 g/mol. The van der Waals surface area contributed by atoms with Crippen LogP contribution in [0.5, 0.6) is 0 Å². The van der Waals surface area contributed by atoms with Gasteiger partial charge in [0.2, 0.25) is 5.76 Å². The van der Waals surface area contributed by atoms with E-state index in [4.69, 9.17) is 4.42 Å². The molecule has 100 valence electrons. The minimum absolute atomic E-state index is 0.104. The van der Waals surface area contributed by atoms with E-state index in [0.717, 1.165) is 29.4 Å². The Balaban J connectivity index is 2.29. The average molecular weight is 258 g/mol. The van der Waals surface area contributed by atoms with Crippen molar-refractivity contribution in [2.75, 3.05) is 0 Å². The molecule has 19 heavy (non-hydrogen) atoms. The van der Waals surface area contributed by atoms with Crippen LogP contribution >= 0.6 is 0 Å². The summed E-state index contributed by atoms with van der Waals surface area (Å²) in [6, 6.07) is 4.19. The number of fused-ring (bicyclic) bond motifs is 2. The summed E-state index contributed by atoms with van der Waals surface area (Å²) in [6.45, 7) is 4.02. The Morgan fingerprint density at radius 3 is 2.42 bits per heavy atom. The molecule has 1 aromatic heterocycles. The molecule has 3 nitrogen and oxygen atoms in total. The smallest absolute Gasteiger partial charge is 0.372 e. The molecule has 1 N–H and O–H groups in total. The number of aromatic carboxylic acids is 1. The highest BCUT2D eigenvalue weighted by molar-refractivity contribution is 5.96. The molecule has 3 heteroatoms. The second kappa shape index (κ2) is 4.41. The van der Waals surface area contributed by atoms with Gasteiger partial charge in [0.25, 0.3) is 0 Å². The number of hydrogen-bond acceptors (Lipinski definition) is 2. The molecule has 0 bridgehead atoms. The fourth-order valence-electron chi connectivity index (χ4n) is 3.08. The SMILES string of the molecule is CC(C)c1c(C(=O)O)oc2cc3c(cc12)CCCC3. The van der Waals surface area contributed by atoms with Crippen LogP contribution in [0, 0.1) is 0 Å². The highest BCUT2D eigenvalue weighted by Gasteiger charge is 2.23. The van der Waals surface area contributed by atoms with Crippen molar-refractivity contribution in [2.24, 2.45) is 0 Å². The third-order valence-corrected chi connectivity index (χ3v) is 3.96. The molecule has 3 rings (SSSR count). The second-order valence-electron chi connectivity index (χ2n) is 5.63. The molecule has 1 aliphatic rings. The Labute approximate surface area is 112 Å². The van der Waals surface area contributed by atoms with Crippen LogP contribution in [0.4, 0.5) is 0 Å². The molecule has 0 atom stereocenters. The number of rotatable bonds is 2. The average Bonchev–Trinajstić information content (AvgIpc) is 2.74. The minimum atomic E-state index is -0.974. The third kappa shape index (κ3) is 1.93. The van der Waals surface area contributed by atoms with Gasteiger partial charge in [0.15, 0.2) is 0 Å². The van der Waals surface area contributed by atoms with Crippen LogP contribution in [0.2, 0.25) is 0 Å². The van der Waals surface area contributed by atoms with E-state index in [1.54, 1.807) is 0 Å². The molecule has 0 radical (unpaired) electrons. The number of carboxylic acid groups (broad SMARTS) is 1. The first-order chi connectivity index (χ1) is 9.08. The maximum absolute atomic E-state index is 11.3. The van der Waals surface area contributed by atoms with Gasteiger partial charge in [0.05, 0.1) is 0 Å². The normalized spacial score (nSPS) is 14.9. The minimum Gasteiger partial charge on any atom is -0.475 e. The molecule has 0 saturated heterocycles. The van der Waals surface area contributed by atoms with Gasteiger partial charge < -0.3 is 9.52 Å². The van der Waals surface area contributed by atoms with Gasteiger partial charge in [0, 0.05) is 10.9 Å². The summed E-state index contributed by atoms with van der Waals surface area (Å²) in [7, 11) is 0. The van der Waals surface area contributed by atoms with E-state index in [9.17, 15) is 9.90 Å². The lowest BCUT2D eigenvalue weighted by Gasteiger charge is -2.15. The van der Waals surface area contributed by atoms with Crippen LogP contribution in [0.3, 0.4) is 0 Å². The maximum atomic E-state index is 11.3. The van der Waals surface area contributed by atoms with E-state index >= 15 is 0 Å². The van der Waals surface area contributed by atoms with Gasteiger partial charge in [0.1, 0.15) is 5.58 Å². The van der Waals surface area contributed by atoms with Gasteiger partial charge in [-0.2, -0.15) is 0 Å². The first-order valence-electron chi connectivity index (χ1n) is 6.89. The van der Waals surface area contributed by atoms with E-state index in [1.807, 2.05) is 19.9 Å². The summed E-state index contributed by atoms with van der Waals surface area (Å²) in [4.78, 5) is 11.3. The Hall–Kier alpha value is -1.77. The lowest BCUT2D eigenvalue weighted by molar-refractivity contribution is 0.0663. The predicted molar refractivity (Wildman–Crippen MR) is 73.9 cm³/mol. The van der Waals surface area contributed by atoms with Crippen molar-refractivity contribution >= 4 is 16.9 Å². The molecular weight excluding hydrogens is 240 g/mol. The molecule has 1 aliphatic carbocycles. The van der Waals surface area contributed by atoms with E-state index in [-0.39, 0.29) is 11.7 Å². The van der Waals surface area contributed by atoms with E-state index < -0.39 is 5.97 Å². The second-order valence-corrected chi connectivity index (χ2v) is 5.63. The zero-order chi connectivity index (χ0) is 13.6. The standard InChI is InChI=1S/C16H18O3/c1-9(2)14-12-7-10-5-3-4-6-11(10)8-13(12)19-15(14)16(17)18/h7-9H,3-6H2,1-2H3,(H,17,18). The summed E-state index contributed by atoms with van der Waals surface area (Å²) < 4.78 is 5.59. The number of carbonyl (C=O) groups is 1. The van der Waals surface area contributed by atoms with Crippen molar-refractivity contribution in [3.63, 3.8) is 0 Å². The van der Waals surface area contributed by atoms with E-state index in [2.05, 4.69) is 6.07 Å². The molecule has 0 unspecified atom stereocenters. The third-order valence-electron chi connectivity index (χ3n) is 3.96. The number of hydrogen-bond donors (Lipinski definition) is 1. The van der Waals surface area contributed by atoms with Gasteiger partial charge in [-0.1, -0.05) is 13.8 Å². The fraction of sp³-hybridized carbons (Fsp3) is 0.438. The summed E-state index contributed by atoms with van der Waals surface area (Å²) in [6.07, 6.45) is 4.60. The van der Waals surface area contributed by atoms with E-state index in [1.165, 1.54) is 24.0 Å². The largest absolute Gasteiger partial charge is 0.475 e. The first kappa shape index (κ1) is 12.3. The van der Waals surface area contributed by atoms with Crippen LogP contribution < -0.4 is 0 Å². The molecule has 0 saturated carbocycles. The molecule has 0 amide bonds. The summed E-state index contributed by atoms with van der Waals surface area (Å²) >= 11 is 0. The van der Waals surface area contributed by atoms with Crippen LogP contribution in [0.1, 0.15) is 59.9 Å². The van der Waals surface area contributed by atoms with Crippen molar-refractivity contribution in [1.29, 1.82) is 0 Å². The predicted octanol–water partition coefficient (Wildman–Crippen LogP) is 4.13. The van der Waals surface area contributed by atoms with Crippen molar-refractivity contribution in [1.82, 2.24) is 0 Å². The highest BCUT2D eigenvalue weighted by atomic mass is 16.4. The Morgan fingerprint density at radius 2 is 1.84 bits per heavy atom. The molecule has 0 aliphatic heterocycles. The Morgan fingerprint density at radius 1 is 1.21 bits per heavy atom. The van der Waals surface area contributed by atoms with Gasteiger partial charge in [-0.25, -0.2) is 4.79 Å². The van der Waals surface area contributed by atoms with Crippen LogP contribution in [0.25, 0.3) is 11.0 Å². The van der Waals surface area contributed by atoms with Crippen molar-refractivity contribution in [2.45, 2.75) is 45.4 Å². The number of furan rings is 1. The van der Waals surface area contributed by atoms with Crippen LogP contribution in [0.15, 0.2) is 16.5 Å².